The van der Waals surface area contributed by atoms with Gasteiger partial charge in [-0.2, -0.15) is 0 Å². The Kier molecular flexibility index (Phi) is 7.38. The van der Waals surface area contributed by atoms with Gasteiger partial charge in [-0.3, -0.25) is 9.20 Å². The van der Waals surface area contributed by atoms with Crippen LogP contribution < -0.4 is 20.1 Å². The maximum atomic E-state index is 12.2. The lowest BCUT2D eigenvalue weighted by atomic mass is 9.95. The molecule has 1 saturated carbocycles. The van der Waals surface area contributed by atoms with Crippen LogP contribution >= 0.6 is 0 Å². The van der Waals surface area contributed by atoms with Crippen molar-refractivity contribution in [3.8, 4) is 11.5 Å². The Balaban J connectivity index is 1.58. The first-order chi connectivity index (χ1) is 13.2. The summed E-state index contributed by atoms with van der Waals surface area (Å²) in [5, 5.41) is 7.20. The highest BCUT2D eigenvalue weighted by molar-refractivity contribution is 7.85. The number of nitrogens with zero attached hydrogens (tertiary/aromatic N) is 1. The smallest absolute Gasteiger partial charge is 0.191 e. The van der Waals surface area contributed by atoms with Crippen LogP contribution in [-0.4, -0.2) is 47.5 Å². The fourth-order valence-corrected chi connectivity index (χ4v) is 5.06. The number of rotatable bonds is 5. The summed E-state index contributed by atoms with van der Waals surface area (Å²) < 4.78 is 23.8. The highest BCUT2D eigenvalue weighted by Gasteiger charge is 2.26. The van der Waals surface area contributed by atoms with E-state index >= 15 is 0 Å². The van der Waals surface area contributed by atoms with Crippen molar-refractivity contribution in [2.24, 2.45) is 4.99 Å². The number of guanidine groups is 1. The third-order valence-corrected chi connectivity index (χ3v) is 6.89. The van der Waals surface area contributed by atoms with Gasteiger partial charge in [0.1, 0.15) is 0 Å². The van der Waals surface area contributed by atoms with Gasteiger partial charge in [0.25, 0.3) is 0 Å². The zero-order valence-corrected chi connectivity index (χ0v) is 17.1. The normalized spacial score (nSPS) is 24.0. The quantitative estimate of drug-likeness (QED) is 0.594. The van der Waals surface area contributed by atoms with Crippen molar-refractivity contribution < 1.29 is 13.7 Å². The Bertz CT molecular complexity index is 680. The van der Waals surface area contributed by atoms with Crippen LogP contribution in [-0.2, 0) is 17.3 Å². The van der Waals surface area contributed by atoms with Crippen LogP contribution in [0.15, 0.2) is 23.2 Å². The maximum Gasteiger partial charge on any atom is 0.191 e. The summed E-state index contributed by atoms with van der Waals surface area (Å²) in [6.45, 7) is 3.98. The highest BCUT2D eigenvalue weighted by atomic mass is 32.2. The maximum absolute atomic E-state index is 12.2. The molecule has 1 heterocycles. The Morgan fingerprint density at radius 2 is 2.11 bits per heavy atom. The first-order valence-electron chi connectivity index (χ1n) is 9.93. The number of nitrogens with one attached hydrogen (secondary N) is 2. The van der Waals surface area contributed by atoms with Gasteiger partial charge in [0.15, 0.2) is 17.5 Å². The zero-order chi connectivity index (χ0) is 19.1. The van der Waals surface area contributed by atoms with Crippen molar-refractivity contribution in [1.82, 2.24) is 10.6 Å². The fourth-order valence-electron chi connectivity index (χ4n) is 3.71. The average Bonchev–Trinajstić information content (AvgIpc) is 2.96. The molecular weight excluding hydrogens is 362 g/mol. The van der Waals surface area contributed by atoms with E-state index in [0.717, 1.165) is 60.9 Å². The summed E-state index contributed by atoms with van der Waals surface area (Å²) >= 11 is 0. The molecule has 0 amide bonds. The second-order valence-electron chi connectivity index (χ2n) is 7.02. The number of aliphatic imine (C=N–C) groups is 1. The summed E-state index contributed by atoms with van der Waals surface area (Å²) in [6, 6.07) is 6.31. The number of para-hydroxylation sites is 1. The molecule has 1 fully saturated rings. The van der Waals surface area contributed by atoms with Crippen LogP contribution in [0.5, 0.6) is 11.5 Å². The topological polar surface area (TPSA) is 72.0 Å². The molecule has 0 spiro atoms. The molecule has 0 bridgehead atoms. The Morgan fingerprint density at radius 1 is 1.26 bits per heavy atom. The third-order valence-electron chi connectivity index (χ3n) is 5.15. The van der Waals surface area contributed by atoms with Gasteiger partial charge >= 0.3 is 0 Å². The van der Waals surface area contributed by atoms with Crippen molar-refractivity contribution in [2.75, 3.05) is 26.0 Å². The molecule has 1 aliphatic carbocycles. The predicted octanol–water partition coefficient (Wildman–Crippen LogP) is 2.59. The molecule has 150 valence electrons. The van der Waals surface area contributed by atoms with Gasteiger partial charge in [0.05, 0.1) is 13.2 Å². The zero-order valence-electron chi connectivity index (χ0n) is 16.3. The molecule has 2 N–H and O–H groups in total. The van der Waals surface area contributed by atoms with Crippen molar-refractivity contribution in [3.63, 3.8) is 0 Å². The van der Waals surface area contributed by atoms with E-state index in [0.29, 0.717) is 31.1 Å². The number of hydrogen-bond donors (Lipinski definition) is 2. The van der Waals surface area contributed by atoms with Crippen LogP contribution in [0.4, 0.5) is 0 Å². The van der Waals surface area contributed by atoms with Gasteiger partial charge in [0, 0.05) is 53.4 Å². The van der Waals surface area contributed by atoms with Gasteiger partial charge in [-0.1, -0.05) is 25.5 Å². The molecule has 7 heteroatoms. The van der Waals surface area contributed by atoms with E-state index in [1.165, 1.54) is 0 Å². The predicted molar refractivity (Wildman–Crippen MR) is 110 cm³/mol. The summed E-state index contributed by atoms with van der Waals surface area (Å²) in [5.74, 6) is 3.15. The SMILES string of the molecule is CCS(=O)C1CCCC(NC(=NC)NCc2cccc3c2OCCCO3)C1. The Morgan fingerprint density at radius 3 is 2.93 bits per heavy atom. The van der Waals surface area contributed by atoms with E-state index in [-0.39, 0.29) is 0 Å². The van der Waals surface area contributed by atoms with Crippen molar-refractivity contribution in [1.29, 1.82) is 0 Å². The molecule has 27 heavy (non-hydrogen) atoms. The van der Waals surface area contributed by atoms with Crippen molar-refractivity contribution in [3.05, 3.63) is 23.8 Å². The average molecular weight is 394 g/mol. The van der Waals surface area contributed by atoms with Gasteiger partial charge in [-0.25, -0.2) is 0 Å². The Labute approximate surface area is 164 Å². The van der Waals surface area contributed by atoms with E-state index in [9.17, 15) is 4.21 Å². The van der Waals surface area contributed by atoms with E-state index in [4.69, 9.17) is 9.47 Å². The minimum absolute atomic E-state index is 0.301. The lowest BCUT2D eigenvalue weighted by Gasteiger charge is -2.30. The first-order valence-corrected chi connectivity index (χ1v) is 11.3. The number of benzene rings is 1. The monoisotopic (exact) mass is 393 g/mol. The summed E-state index contributed by atoms with van der Waals surface area (Å²) in [4.78, 5) is 4.36. The second kappa shape index (κ2) is 9.97. The molecule has 1 aromatic rings. The highest BCUT2D eigenvalue weighted by Crippen LogP contribution is 2.33. The minimum atomic E-state index is -0.718. The minimum Gasteiger partial charge on any atom is -0.490 e. The van der Waals surface area contributed by atoms with E-state index in [1.807, 2.05) is 19.1 Å². The lowest BCUT2D eigenvalue weighted by molar-refractivity contribution is 0.296. The van der Waals surface area contributed by atoms with Crippen LogP contribution in [0.2, 0.25) is 0 Å². The van der Waals surface area contributed by atoms with Crippen molar-refractivity contribution in [2.45, 2.75) is 56.9 Å². The van der Waals surface area contributed by atoms with Crippen LogP contribution in [0.1, 0.15) is 44.6 Å². The van der Waals surface area contributed by atoms with Crippen LogP contribution in [0.25, 0.3) is 0 Å². The fraction of sp³-hybridized carbons (Fsp3) is 0.650. The van der Waals surface area contributed by atoms with Gasteiger partial charge in [-0.05, 0) is 25.3 Å². The molecule has 3 rings (SSSR count). The molecule has 1 aromatic carbocycles. The number of hydrogen-bond acceptors (Lipinski definition) is 4. The van der Waals surface area contributed by atoms with Crippen LogP contribution in [0, 0.1) is 0 Å². The molecular formula is C20H31N3O3S. The molecule has 3 unspecified atom stereocenters. The third kappa shape index (κ3) is 5.37. The molecule has 0 radical (unpaired) electrons. The van der Waals surface area contributed by atoms with Gasteiger partial charge < -0.3 is 20.1 Å². The van der Waals surface area contributed by atoms with Crippen molar-refractivity contribution >= 4 is 16.8 Å². The molecule has 1 aliphatic heterocycles. The van der Waals surface area contributed by atoms with E-state index in [2.05, 4.69) is 21.7 Å². The molecule has 6 nitrogen and oxygen atoms in total. The Hall–Kier alpha value is -1.76. The molecule has 0 saturated heterocycles. The summed E-state index contributed by atoms with van der Waals surface area (Å²) in [7, 11) is 1.06. The number of ether oxygens (including phenoxy) is 2. The van der Waals surface area contributed by atoms with Crippen LogP contribution in [0.3, 0.4) is 0 Å². The van der Waals surface area contributed by atoms with E-state index in [1.54, 1.807) is 7.05 Å². The van der Waals surface area contributed by atoms with Gasteiger partial charge in [-0.15, -0.1) is 0 Å². The molecule has 2 aliphatic rings. The lowest BCUT2D eigenvalue weighted by Crippen LogP contribution is -2.46. The second-order valence-corrected chi connectivity index (χ2v) is 9.03. The number of fused-ring (bicyclic) bond motifs is 1. The summed E-state index contributed by atoms with van der Waals surface area (Å²) in [6.07, 6.45) is 5.11. The molecule has 0 aromatic heterocycles. The summed E-state index contributed by atoms with van der Waals surface area (Å²) in [5.41, 5.74) is 1.06. The largest absolute Gasteiger partial charge is 0.490 e. The first kappa shape index (κ1) is 20.0. The van der Waals surface area contributed by atoms with Gasteiger partial charge in [0.2, 0.25) is 0 Å². The standard InChI is InChI=1S/C20H31N3O3S/c1-3-27(24)17-9-5-8-16(13-17)23-20(21-2)22-14-15-7-4-10-18-19(15)26-12-6-11-25-18/h4,7,10,16-17H,3,5-6,8-9,11-14H2,1-2H3,(H2,21,22,23). The van der Waals surface area contributed by atoms with E-state index < -0.39 is 10.8 Å². The molecule has 3 atom stereocenters.